The molecule has 20 heavy (non-hydrogen) atoms. The van der Waals surface area contributed by atoms with Crippen LogP contribution in [0.1, 0.15) is 29.7 Å². The average molecular weight is 270 g/mol. The van der Waals surface area contributed by atoms with E-state index in [-0.39, 0.29) is 11.9 Å². The number of nitrogen functional groups attached to an aromatic ring is 1. The van der Waals surface area contributed by atoms with Crippen LogP contribution in [0, 0.1) is 5.82 Å². The molecule has 3 rings (SSSR count). The predicted molar refractivity (Wildman–Crippen MR) is 79.8 cm³/mol. The van der Waals surface area contributed by atoms with Gasteiger partial charge in [-0.15, -0.1) is 0 Å². The van der Waals surface area contributed by atoms with Gasteiger partial charge in [-0.1, -0.05) is 24.3 Å². The molecule has 1 aliphatic heterocycles. The standard InChI is InChI=1S/C17H19FN2/c1-12(13-5-7-15(18)8-6-13)20-10-9-16-14(11-20)3-2-4-17(16)19/h2-8,12H,9-11,19H2,1H3. The first kappa shape index (κ1) is 13.1. The number of halogens is 1. The molecule has 0 spiro atoms. The van der Waals surface area contributed by atoms with Crippen LogP contribution in [-0.4, -0.2) is 11.4 Å². The van der Waals surface area contributed by atoms with E-state index in [0.29, 0.717) is 0 Å². The van der Waals surface area contributed by atoms with E-state index in [2.05, 4.69) is 17.9 Å². The third-order valence-corrected chi connectivity index (χ3v) is 4.23. The van der Waals surface area contributed by atoms with Gasteiger partial charge in [0, 0.05) is 24.8 Å². The molecule has 2 N–H and O–H groups in total. The van der Waals surface area contributed by atoms with Crippen LogP contribution in [0.15, 0.2) is 42.5 Å². The van der Waals surface area contributed by atoms with Crippen LogP contribution < -0.4 is 5.73 Å². The molecule has 1 aliphatic rings. The van der Waals surface area contributed by atoms with E-state index < -0.39 is 0 Å². The van der Waals surface area contributed by atoms with Gasteiger partial charge < -0.3 is 5.73 Å². The van der Waals surface area contributed by atoms with Crippen LogP contribution in [0.3, 0.4) is 0 Å². The molecule has 3 heteroatoms. The minimum Gasteiger partial charge on any atom is -0.398 e. The molecule has 0 aliphatic carbocycles. The van der Waals surface area contributed by atoms with Crippen LogP contribution in [-0.2, 0) is 13.0 Å². The Morgan fingerprint density at radius 3 is 2.65 bits per heavy atom. The molecule has 104 valence electrons. The SMILES string of the molecule is CC(c1ccc(F)cc1)N1CCc2c(N)cccc2C1. The molecule has 0 radical (unpaired) electrons. The molecule has 1 atom stereocenters. The molecule has 2 nitrogen and oxygen atoms in total. The lowest BCUT2D eigenvalue weighted by Gasteiger charge is -2.34. The Balaban J connectivity index is 1.81. The van der Waals surface area contributed by atoms with E-state index in [1.54, 1.807) is 0 Å². The summed E-state index contributed by atoms with van der Waals surface area (Å²) in [6.07, 6.45) is 0.980. The largest absolute Gasteiger partial charge is 0.398 e. The predicted octanol–water partition coefficient (Wildman–Crippen LogP) is 3.53. The summed E-state index contributed by atoms with van der Waals surface area (Å²) >= 11 is 0. The van der Waals surface area contributed by atoms with E-state index in [9.17, 15) is 4.39 Å². The van der Waals surface area contributed by atoms with Crippen LogP contribution in [0.25, 0.3) is 0 Å². The number of hydrogen-bond donors (Lipinski definition) is 1. The summed E-state index contributed by atoms with van der Waals surface area (Å²) in [5.74, 6) is -0.183. The van der Waals surface area contributed by atoms with Gasteiger partial charge in [-0.25, -0.2) is 4.39 Å². The molecule has 0 saturated heterocycles. The zero-order valence-electron chi connectivity index (χ0n) is 11.6. The van der Waals surface area contributed by atoms with Gasteiger partial charge in [0.15, 0.2) is 0 Å². The highest BCUT2D eigenvalue weighted by atomic mass is 19.1. The number of rotatable bonds is 2. The summed E-state index contributed by atoms with van der Waals surface area (Å²) in [7, 11) is 0. The molecule has 2 aromatic carbocycles. The van der Waals surface area contributed by atoms with Crippen molar-refractivity contribution < 1.29 is 4.39 Å². The second kappa shape index (κ2) is 5.25. The van der Waals surface area contributed by atoms with Gasteiger partial charge in [0.05, 0.1) is 0 Å². The van der Waals surface area contributed by atoms with E-state index in [1.165, 1.54) is 23.3 Å². The number of benzene rings is 2. The minimum atomic E-state index is -0.183. The lowest BCUT2D eigenvalue weighted by atomic mass is 9.95. The Morgan fingerprint density at radius 1 is 1.15 bits per heavy atom. The van der Waals surface area contributed by atoms with Crippen LogP contribution in [0.4, 0.5) is 10.1 Å². The summed E-state index contributed by atoms with van der Waals surface area (Å²) in [5, 5.41) is 0. The first-order valence-corrected chi connectivity index (χ1v) is 7.01. The highest BCUT2D eigenvalue weighted by Crippen LogP contribution is 2.29. The maximum atomic E-state index is 13.0. The molecule has 0 amide bonds. The minimum absolute atomic E-state index is 0.183. The third kappa shape index (κ3) is 2.41. The second-order valence-electron chi connectivity index (χ2n) is 5.43. The summed E-state index contributed by atoms with van der Waals surface area (Å²) < 4.78 is 13.0. The van der Waals surface area contributed by atoms with Gasteiger partial charge in [0.2, 0.25) is 0 Å². The molecule has 0 saturated carbocycles. The highest BCUT2D eigenvalue weighted by Gasteiger charge is 2.22. The van der Waals surface area contributed by atoms with Crippen molar-refractivity contribution in [2.75, 3.05) is 12.3 Å². The van der Waals surface area contributed by atoms with E-state index in [4.69, 9.17) is 5.73 Å². The Bertz CT molecular complexity index is 607. The second-order valence-corrected chi connectivity index (χ2v) is 5.43. The maximum Gasteiger partial charge on any atom is 0.123 e. The van der Waals surface area contributed by atoms with Gasteiger partial charge in [-0.3, -0.25) is 4.90 Å². The fourth-order valence-corrected chi connectivity index (χ4v) is 2.94. The van der Waals surface area contributed by atoms with E-state index in [0.717, 1.165) is 30.8 Å². The van der Waals surface area contributed by atoms with Crippen molar-refractivity contribution in [1.82, 2.24) is 4.90 Å². The van der Waals surface area contributed by atoms with E-state index >= 15 is 0 Å². The normalized spacial score (nSPS) is 16.7. The maximum absolute atomic E-state index is 13.0. The van der Waals surface area contributed by atoms with Crippen molar-refractivity contribution in [3.63, 3.8) is 0 Å². The lowest BCUT2D eigenvalue weighted by molar-refractivity contribution is 0.192. The fourth-order valence-electron chi connectivity index (χ4n) is 2.94. The topological polar surface area (TPSA) is 29.3 Å². The number of fused-ring (bicyclic) bond motifs is 1. The van der Waals surface area contributed by atoms with Gasteiger partial charge in [0.25, 0.3) is 0 Å². The molecular weight excluding hydrogens is 251 g/mol. The Kier molecular flexibility index (Phi) is 3.45. The molecule has 0 bridgehead atoms. The van der Waals surface area contributed by atoms with Crippen LogP contribution in [0.2, 0.25) is 0 Å². The highest BCUT2D eigenvalue weighted by molar-refractivity contribution is 5.51. The number of nitrogens with zero attached hydrogens (tertiary/aromatic N) is 1. The first-order valence-electron chi connectivity index (χ1n) is 7.01. The van der Waals surface area contributed by atoms with Crippen LogP contribution >= 0.6 is 0 Å². The lowest BCUT2D eigenvalue weighted by Crippen LogP contribution is -2.33. The molecular formula is C17H19FN2. The number of anilines is 1. The Hall–Kier alpha value is -1.87. The Morgan fingerprint density at radius 2 is 1.90 bits per heavy atom. The quantitative estimate of drug-likeness (QED) is 0.846. The zero-order chi connectivity index (χ0) is 14.1. The summed E-state index contributed by atoms with van der Waals surface area (Å²) in [5.41, 5.74) is 10.7. The molecule has 1 unspecified atom stereocenters. The van der Waals surface area contributed by atoms with Gasteiger partial charge in [0.1, 0.15) is 5.82 Å². The number of nitrogens with two attached hydrogens (primary N) is 1. The Labute approximate surface area is 119 Å². The van der Waals surface area contributed by atoms with Crippen molar-refractivity contribution in [3.8, 4) is 0 Å². The van der Waals surface area contributed by atoms with Gasteiger partial charge in [-0.05, 0) is 48.2 Å². The van der Waals surface area contributed by atoms with E-state index in [1.807, 2.05) is 24.3 Å². The van der Waals surface area contributed by atoms with Crippen molar-refractivity contribution in [2.45, 2.75) is 25.9 Å². The third-order valence-electron chi connectivity index (χ3n) is 4.23. The van der Waals surface area contributed by atoms with Crippen molar-refractivity contribution in [1.29, 1.82) is 0 Å². The van der Waals surface area contributed by atoms with Gasteiger partial charge in [-0.2, -0.15) is 0 Å². The monoisotopic (exact) mass is 270 g/mol. The fraction of sp³-hybridized carbons (Fsp3) is 0.294. The zero-order valence-corrected chi connectivity index (χ0v) is 11.6. The number of hydrogen-bond acceptors (Lipinski definition) is 2. The summed E-state index contributed by atoms with van der Waals surface area (Å²) in [4.78, 5) is 2.41. The van der Waals surface area contributed by atoms with Crippen molar-refractivity contribution >= 4 is 5.69 Å². The average Bonchev–Trinajstić information content (AvgIpc) is 2.47. The van der Waals surface area contributed by atoms with Crippen molar-refractivity contribution in [2.24, 2.45) is 0 Å². The van der Waals surface area contributed by atoms with Gasteiger partial charge >= 0.3 is 0 Å². The smallest absolute Gasteiger partial charge is 0.123 e. The summed E-state index contributed by atoms with van der Waals surface area (Å²) in [6, 6.07) is 13.2. The summed E-state index contributed by atoms with van der Waals surface area (Å²) in [6.45, 7) is 4.06. The molecule has 0 fully saturated rings. The molecule has 0 aromatic heterocycles. The van der Waals surface area contributed by atoms with Crippen molar-refractivity contribution in [3.05, 3.63) is 65.0 Å². The van der Waals surface area contributed by atoms with Crippen LogP contribution in [0.5, 0.6) is 0 Å². The molecule has 1 heterocycles. The first-order chi connectivity index (χ1) is 9.65. The molecule has 2 aromatic rings.